The molecule has 1 saturated heterocycles. The van der Waals surface area contributed by atoms with Gasteiger partial charge in [-0.3, -0.25) is 10.3 Å². The molecule has 3 rings (SSSR count). The molecule has 1 aliphatic heterocycles. The largest absolute Gasteiger partial charge is 0.506 e. The molecule has 22 heavy (non-hydrogen) atoms. The van der Waals surface area contributed by atoms with Crippen molar-refractivity contribution in [2.24, 2.45) is 0 Å². The van der Waals surface area contributed by atoms with Crippen LogP contribution in [0.3, 0.4) is 0 Å². The van der Waals surface area contributed by atoms with Gasteiger partial charge in [-0.1, -0.05) is 0 Å². The Hall–Kier alpha value is -2.67. The highest BCUT2D eigenvalue weighted by Crippen LogP contribution is 2.25. The Morgan fingerprint density at radius 3 is 2.77 bits per heavy atom. The average molecular weight is 299 g/mol. The summed E-state index contributed by atoms with van der Waals surface area (Å²) < 4.78 is 0. The third-order valence-electron chi connectivity index (χ3n) is 3.46. The second kappa shape index (κ2) is 6.40. The molecule has 2 aromatic rings. The van der Waals surface area contributed by atoms with Crippen molar-refractivity contribution in [2.45, 2.75) is 0 Å². The second-order valence-corrected chi connectivity index (χ2v) is 4.97. The van der Waals surface area contributed by atoms with Crippen LogP contribution in [0.4, 0.5) is 10.6 Å². The van der Waals surface area contributed by atoms with Gasteiger partial charge in [0.2, 0.25) is 0 Å². The molecule has 3 heterocycles. The zero-order valence-electron chi connectivity index (χ0n) is 12.0. The number of rotatable bonds is 2. The average Bonchev–Trinajstić information content (AvgIpc) is 2.57. The van der Waals surface area contributed by atoms with Crippen molar-refractivity contribution in [1.82, 2.24) is 20.2 Å². The molecular formula is C15H17N5O2. The molecule has 7 heteroatoms. The van der Waals surface area contributed by atoms with Gasteiger partial charge in [0.05, 0.1) is 11.9 Å². The molecule has 7 nitrogen and oxygen atoms in total. The minimum absolute atomic E-state index is 0.0963. The van der Waals surface area contributed by atoms with E-state index in [1.165, 1.54) is 6.20 Å². The molecule has 2 aromatic heterocycles. The van der Waals surface area contributed by atoms with Gasteiger partial charge >= 0.3 is 6.03 Å². The van der Waals surface area contributed by atoms with Crippen LogP contribution in [0.15, 0.2) is 36.7 Å². The summed E-state index contributed by atoms with van der Waals surface area (Å²) in [5.74, 6) is 0.559. The highest BCUT2D eigenvalue weighted by atomic mass is 16.3. The normalized spacial score (nSPS) is 14.6. The zero-order chi connectivity index (χ0) is 15.4. The number of nitrogens with zero attached hydrogens (tertiary/aromatic N) is 3. The molecule has 0 aliphatic carbocycles. The van der Waals surface area contributed by atoms with Crippen molar-refractivity contribution < 1.29 is 9.90 Å². The van der Waals surface area contributed by atoms with E-state index >= 15 is 0 Å². The number of nitrogens with one attached hydrogen (secondary N) is 2. The molecule has 1 fully saturated rings. The smallest absolute Gasteiger partial charge is 0.323 e. The predicted octanol–water partition coefficient (Wildman–Crippen LogP) is 1.29. The number of urea groups is 1. The number of pyridine rings is 2. The van der Waals surface area contributed by atoms with E-state index in [1.54, 1.807) is 29.3 Å². The number of piperazine rings is 1. The highest BCUT2D eigenvalue weighted by Gasteiger charge is 2.18. The fraction of sp³-hybridized carbons (Fsp3) is 0.267. The summed E-state index contributed by atoms with van der Waals surface area (Å²) in [5, 5.41) is 15.4. The van der Waals surface area contributed by atoms with Crippen molar-refractivity contribution in [1.29, 1.82) is 0 Å². The second-order valence-electron chi connectivity index (χ2n) is 4.97. The number of hydrogen-bond donors (Lipinski definition) is 3. The number of carbonyl (C=O) groups excluding carboxylic acids is 1. The molecule has 0 saturated carbocycles. The highest BCUT2D eigenvalue weighted by molar-refractivity contribution is 5.92. The van der Waals surface area contributed by atoms with Crippen molar-refractivity contribution >= 4 is 11.8 Å². The van der Waals surface area contributed by atoms with Crippen molar-refractivity contribution in [3.8, 4) is 17.0 Å². The summed E-state index contributed by atoms with van der Waals surface area (Å²) in [5.41, 5.74) is 1.35. The first-order valence-corrected chi connectivity index (χ1v) is 7.11. The molecule has 3 N–H and O–H groups in total. The summed E-state index contributed by atoms with van der Waals surface area (Å²) in [4.78, 5) is 22.4. The van der Waals surface area contributed by atoms with E-state index in [4.69, 9.17) is 0 Å². The lowest BCUT2D eigenvalue weighted by atomic mass is 10.1. The van der Waals surface area contributed by atoms with Crippen LogP contribution in [0.1, 0.15) is 0 Å². The number of anilines is 1. The first kappa shape index (κ1) is 14.3. The maximum absolute atomic E-state index is 12.3. The van der Waals surface area contributed by atoms with Crippen molar-refractivity contribution in [2.75, 3.05) is 31.5 Å². The Morgan fingerprint density at radius 2 is 2.05 bits per heavy atom. The van der Waals surface area contributed by atoms with Crippen LogP contribution in [-0.4, -0.2) is 52.2 Å². The maximum Gasteiger partial charge on any atom is 0.323 e. The van der Waals surface area contributed by atoms with E-state index < -0.39 is 0 Å². The molecule has 114 valence electrons. The van der Waals surface area contributed by atoms with Crippen molar-refractivity contribution in [3.63, 3.8) is 0 Å². The van der Waals surface area contributed by atoms with Gasteiger partial charge in [-0.25, -0.2) is 9.78 Å². The topological polar surface area (TPSA) is 90.4 Å². The summed E-state index contributed by atoms with van der Waals surface area (Å²) >= 11 is 0. The number of hydrogen-bond acceptors (Lipinski definition) is 5. The van der Waals surface area contributed by atoms with Gasteiger partial charge < -0.3 is 15.3 Å². The zero-order valence-corrected chi connectivity index (χ0v) is 12.0. The molecule has 2 amide bonds. The fourth-order valence-corrected chi connectivity index (χ4v) is 2.31. The van der Waals surface area contributed by atoms with Gasteiger partial charge in [0.1, 0.15) is 11.6 Å². The molecule has 0 spiro atoms. The van der Waals surface area contributed by atoms with E-state index in [1.807, 2.05) is 6.07 Å². The first-order chi connectivity index (χ1) is 10.7. The summed E-state index contributed by atoms with van der Waals surface area (Å²) in [6, 6.07) is 6.69. The van der Waals surface area contributed by atoms with E-state index in [0.29, 0.717) is 30.2 Å². The lowest BCUT2D eigenvalue weighted by Gasteiger charge is -2.27. The van der Waals surface area contributed by atoms with Gasteiger partial charge in [-0.2, -0.15) is 0 Å². The lowest BCUT2D eigenvalue weighted by molar-refractivity contribution is 0.204. The Balaban J connectivity index is 1.82. The summed E-state index contributed by atoms with van der Waals surface area (Å²) in [7, 11) is 0. The molecule has 1 aliphatic rings. The van der Waals surface area contributed by atoms with Gasteiger partial charge in [0, 0.05) is 37.9 Å². The monoisotopic (exact) mass is 299 g/mol. The van der Waals surface area contributed by atoms with Crippen molar-refractivity contribution in [3.05, 3.63) is 36.7 Å². The van der Waals surface area contributed by atoms with Crippen LogP contribution in [0.5, 0.6) is 5.75 Å². The van der Waals surface area contributed by atoms with Gasteiger partial charge in [0.15, 0.2) is 0 Å². The van der Waals surface area contributed by atoms with Crippen LogP contribution in [-0.2, 0) is 0 Å². The first-order valence-electron chi connectivity index (χ1n) is 7.11. The third-order valence-corrected chi connectivity index (χ3v) is 3.46. The van der Waals surface area contributed by atoms with Gasteiger partial charge in [-0.15, -0.1) is 0 Å². The van der Waals surface area contributed by atoms with E-state index in [9.17, 15) is 9.90 Å². The SMILES string of the molecule is O=C(Nc1ncccc1-c1ccc(O)cn1)N1CCNCC1. The van der Waals surface area contributed by atoms with E-state index in [0.717, 1.165) is 13.1 Å². The molecule has 0 bridgehead atoms. The minimum Gasteiger partial charge on any atom is -0.506 e. The van der Waals surface area contributed by atoms with Gasteiger partial charge in [-0.05, 0) is 24.3 Å². The van der Waals surface area contributed by atoms with Gasteiger partial charge in [0.25, 0.3) is 0 Å². The van der Waals surface area contributed by atoms with Crippen LogP contribution >= 0.6 is 0 Å². The predicted molar refractivity (Wildman–Crippen MR) is 82.6 cm³/mol. The minimum atomic E-state index is -0.166. The standard InChI is InChI=1S/C15H17N5O2/c21-11-3-4-13(18-10-11)12-2-1-5-17-14(12)19-15(22)20-8-6-16-7-9-20/h1-5,10,16,21H,6-9H2,(H,17,19,22). The Kier molecular flexibility index (Phi) is 4.15. The maximum atomic E-state index is 12.3. The fourth-order valence-electron chi connectivity index (χ4n) is 2.31. The Labute approximate surface area is 128 Å². The summed E-state index contributed by atoms with van der Waals surface area (Å²) in [6.45, 7) is 2.93. The van der Waals surface area contributed by atoms with Crippen LogP contribution in [0, 0.1) is 0 Å². The van der Waals surface area contributed by atoms with E-state index in [2.05, 4.69) is 20.6 Å². The number of aromatic nitrogens is 2. The molecule has 0 radical (unpaired) electrons. The lowest BCUT2D eigenvalue weighted by Crippen LogP contribution is -2.48. The molecule has 0 aromatic carbocycles. The van der Waals surface area contributed by atoms with Crippen LogP contribution in [0.25, 0.3) is 11.3 Å². The van der Waals surface area contributed by atoms with E-state index in [-0.39, 0.29) is 11.8 Å². The Bertz CT molecular complexity index is 653. The molecule has 0 unspecified atom stereocenters. The Morgan fingerprint density at radius 1 is 1.23 bits per heavy atom. The quantitative estimate of drug-likeness (QED) is 0.777. The number of carbonyl (C=O) groups is 1. The molecular weight excluding hydrogens is 282 g/mol. The third kappa shape index (κ3) is 3.15. The molecule has 0 atom stereocenters. The summed E-state index contributed by atoms with van der Waals surface area (Å²) in [6.07, 6.45) is 2.99. The number of amides is 2. The van der Waals surface area contributed by atoms with Crippen LogP contribution < -0.4 is 10.6 Å². The number of aromatic hydroxyl groups is 1. The van der Waals surface area contributed by atoms with Crippen LogP contribution in [0.2, 0.25) is 0 Å².